The average molecular weight is 224 g/mol. The summed E-state index contributed by atoms with van der Waals surface area (Å²) in [6, 6.07) is 0.487. The summed E-state index contributed by atoms with van der Waals surface area (Å²) in [6.45, 7) is 7.25. The summed E-state index contributed by atoms with van der Waals surface area (Å²) in [4.78, 5) is 0. The van der Waals surface area contributed by atoms with Crippen LogP contribution in [0.2, 0.25) is 0 Å². The van der Waals surface area contributed by atoms with E-state index in [-0.39, 0.29) is 0 Å². The molecule has 16 heavy (non-hydrogen) atoms. The first-order valence-electron chi connectivity index (χ1n) is 6.41. The zero-order chi connectivity index (χ0) is 12.0. The molecular weight excluding hydrogens is 200 g/mol. The average Bonchev–Trinajstić information content (AvgIpc) is 2.66. The maximum Gasteiger partial charge on any atom is 0.0871 e. The Balaban J connectivity index is 2.98. The van der Waals surface area contributed by atoms with E-state index in [1.54, 1.807) is 0 Å². The van der Waals surface area contributed by atoms with Crippen molar-refractivity contribution in [3.8, 4) is 0 Å². The lowest BCUT2D eigenvalue weighted by atomic mass is 10.1. The van der Waals surface area contributed by atoms with Crippen molar-refractivity contribution < 1.29 is 0 Å². The van der Waals surface area contributed by atoms with E-state index in [4.69, 9.17) is 5.73 Å². The van der Waals surface area contributed by atoms with Crippen LogP contribution >= 0.6 is 0 Å². The van der Waals surface area contributed by atoms with Gasteiger partial charge < -0.3 is 5.73 Å². The minimum Gasteiger partial charge on any atom is -0.330 e. The highest BCUT2D eigenvalue weighted by molar-refractivity contribution is 5.11. The van der Waals surface area contributed by atoms with Gasteiger partial charge >= 0.3 is 0 Å². The second-order valence-electron chi connectivity index (χ2n) is 4.19. The quantitative estimate of drug-likeness (QED) is 0.771. The van der Waals surface area contributed by atoms with Crippen LogP contribution in [0.25, 0.3) is 0 Å². The molecule has 0 bridgehead atoms. The predicted octanol–water partition coefficient (Wildman–Crippen LogP) is 2.09. The fourth-order valence-electron chi connectivity index (χ4n) is 2.10. The fraction of sp³-hybridized carbons (Fsp3) is 0.833. The van der Waals surface area contributed by atoms with Gasteiger partial charge in [-0.2, -0.15) is 0 Å². The normalized spacial score (nSPS) is 11.3. The largest absolute Gasteiger partial charge is 0.330 e. The van der Waals surface area contributed by atoms with Gasteiger partial charge in [-0.1, -0.05) is 32.4 Å². The van der Waals surface area contributed by atoms with E-state index in [2.05, 4.69) is 35.8 Å². The van der Waals surface area contributed by atoms with E-state index >= 15 is 0 Å². The van der Waals surface area contributed by atoms with Gasteiger partial charge in [-0.05, 0) is 25.8 Å². The van der Waals surface area contributed by atoms with Gasteiger partial charge in [0, 0.05) is 6.42 Å². The Morgan fingerprint density at radius 2 is 1.88 bits per heavy atom. The fourth-order valence-corrected chi connectivity index (χ4v) is 2.10. The number of aromatic nitrogens is 3. The van der Waals surface area contributed by atoms with Crippen molar-refractivity contribution in [3.63, 3.8) is 0 Å². The van der Waals surface area contributed by atoms with Crippen LogP contribution in [0.1, 0.15) is 57.5 Å². The van der Waals surface area contributed by atoms with Gasteiger partial charge in [0.25, 0.3) is 0 Å². The summed E-state index contributed by atoms with van der Waals surface area (Å²) in [5, 5.41) is 8.58. The van der Waals surface area contributed by atoms with Gasteiger partial charge in [-0.15, -0.1) is 5.10 Å². The highest BCUT2D eigenvalue weighted by atomic mass is 15.4. The molecule has 0 atom stereocenters. The molecule has 0 aliphatic heterocycles. The van der Waals surface area contributed by atoms with Crippen LogP contribution < -0.4 is 5.73 Å². The third-order valence-corrected chi connectivity index (χ3v) is 3.03. The highest BCUT2D eigenvalue weighted by Crippen LogP contribution is 2.19. The maximum absolute atomic E-state index is 5.60. The molecule has 4 heteroatoms. The van der Waals surface area contributed by atoms with Crippen molar-refractivity contribution in [2.45, 2.75) is 58.9 Å². The zero-order valence-electron chi connectivity index (χ0n) is 10.7. The highest BCUT2D eigenvalue weighted by Gasteiger charge is 2.16. The molecule has 0 amide bonds. The lowest BCUT2D eigenvalue weighted by Gasteiger charge is -2.15. The van der Waals surface area contributed by atoms with Crippen LogP contribution in [0.3, 0.4) is 0 Å². The smallest absolute Gasteiger partial charge is 0.0871 e. The molecule has 1 aromatic heterocycles. The Hall–Kier alpha value is -0.900. The van der Waals surface area contributed by atoms with Crippen LogP contribution in [-0.2, 0) is 12.8 Å². The summed E-state index contributed by atoms with van der Waals surface area (Å²) < 4.78 is 2.12. The van der Waals surface area contributed by atoms with Gasteiger partial charge in [0.2, 0.25) is 0 Å². The number of rotatable bonds is 7. The SMILES string of the molecule is CCCc1c(CCN)nnn1C(CC)CC. The molecule has 92 valence electrons. The van der Waals surface area contributed by atoms with Gasteiger partial charge in [0.15, 0.2) is 0 Å². The van der Waals surface area contributed by atoms with Crippen LogP contribution in [0, 0.1) is 0 Å². The van der Waals surface area contributed by atoms with Crippen LogP contribution in [-0.4, -0.2) is 21.5 Å². The van der Waals surface area contributed by atoms with E-state index in [1.807, 2.05) is 0 Å². The lowest BCUT2D eigenvalue weighted by molar-refractivity contribution is 0.404. The van der Waals surface area contributed by atoms with Crippen molar-refractivity contribution in [1.82, 2.24) is 15.0 Å². The van der Waals surface area contributed by atoms with Gasteiger partial charge in [0.1, 0.15) is 0 Å². The van der Waals surface area contributed by atoms with Crippen molar-refractivity contribution in [2.24, 2.45) is 5.73 Å². The molecule has 0 spiro atoms. The first kappa shape index (κ1) is 13.2. The number of nitrogens with zero attached hydrogens (tertiary/aromatic N) is 3. The Kier molecular flexibility index (Phi) is 5.46. The molecule has 1 rings (SSSR count). The van der Waals surface area contributed by atoms with Crippen molar-refractivity contribution in [2.75, 3.05) is 6.54 Å². The predicted molar refractivity (Wildman–Crippen MR) is 66.4 cm³/mol. The second-order valence-corrected chi connectivity index (χ2v) is 4.19. The van der Waals surface area contributed by atoms with E-state index in [1.165, 1.54) is 5.69 Å². The van der Waals surface area contributed by atoms with Crippen molar-refractivity contribution in [3.05, 3.63) is 11.4 Å². The summed E-state index contributed by atoms with van der Waals surface area (Å²) in [6.07, 6.45) is 5.25. The van der Waals surface area contributed by atoms with Crippen LogP contribution in [0.4, 0.5) is 0 Å². The van der Waals surface area contributed by atoms with Gasteiger partial charge in [-0.25, -0.2) is 4.68 Å². The number of nitrogens with two attached hydrogens (primary N) is 1. The monoisotopic (exact) mass is 224 g/mol. The molecule has 0 unspecified atom stereocenters. The third kappa shape index (κ3) is 2.82. The molecule has 0 saturated heterocycles. The van der Waals surface area contributed by atoms with Crippen molar-refractivity contribution >= 4 is 0 Å². The van der Waals surface area contributed by atoms with Gasteiger partial charge in [-0.3, -0.25) is 0 Å². The molecular formula is C12H24N4. The standard InChI is InChI=1S/C12H24N4/c1-4-7-12-11(8-9-13)14-15-16(12)10(5-2)6-3/h10H,4-9,13H2,1-3H3. The summed E-state index contributed by atoms with van der Waals surface area (Å²) in [5.74, 6) is 0. The Labute approximate surface area is 98.2 Å². The van der Waals surface area contributed by atoms with E-state index < -0.39 is 0 Å². The molecule has 0 saturated carbocycles. The van der Waals surface area contributed by atoms with Crippen LogP contribution in [0.5, 0.6) is 0 Å². The summed E-state index contributed by atoms with van der Waals surface area (Å²) >= 11 is 0. The molecule has 4 nitrogen and oxygen atoms in total. The topological polar surface area (TPSA) is 56.7 Å². The second kappa shape index (κ2) is 6.63. The number of hydrogen-bond donors (Lipinski definition) is 1. The van der Waals surface area contributed by atoms with Crippen molar-refractivity contribution in [1.29, 1.82) is 0 Å². The first-order chi connectivity index (χ1) is 7.78. The third-order valence-electron chi connectivity index (χ3n) is 3.03. The maximum atomic E-state index is 5.60. The van der Waals surface area contributed by atoms with Gasteiger partial charge in [0.05, 0.1) is 17.4 Å². The molecule has 1 heterocycles. The Bertz CT molecular complexity index is 302. The molecule has 2 N–H and O–H groups in total. The molecule has 0 aliphatic carbocycles. The van der Waals surface area contributed by atoms with E-state index in [0.29, 0.717) is 12.6 Å². The molecule has 0 aromatic carbocycles. The summed E-state index contributed by atoms with van der Waals surface area (Å²) in [5.41, 5.74) is 7.99. The molecule has 0 aliphatic rings. The van der Waals surface area contributed by atoms with Crippen LogP contribution in [0.15, 0.2) is 0 Å². The van der Waals surface area contributed by atoms with E-state index in [9.17, 15) is 0 Å². The molecule has 0 fully saturated rings. The van der Waals surface area contributed by atoms with E-state index in [0.717, 1.165) is 37.8 Å². The Morgan fingerprint density at radius 3 is 2.38 bits per heavy atom. The first-order valence-corrected chi connectivity index (χ1v) is 6.41. The Morgan fingerprint density at radius 1 is 1.19 bits per heavy atom. The molecule has 0 radical (unpaired) electrons. The lowest BCUT2D eigenvalue weighted by Crippen LogP contribution is -2.13. The minimum atomic E-state index is 0.487. The summed E-state index contributed by atoms with van der Waals surface area (Å²) in [7, 11) is 0. The number of hydrogen-bond acceptors (Lipinski definition) is 3. The zero-order valence-corrected chi connectivity index (χ0v) is 10.7. The molecule has 1 aromatic rings. The minimum absolute atomic E-state index is 0.487.